The Morgan fingerprint density at radius 1 is 0.968 bits per heavy atom. The third-order valence-corrected chi connectivity index (χ3v) is 4.84. The second-order valence-corrected chi connectivity index (χ2v) is 9.24. The predicted molar refractivity (Wildman–Crippen MR) is 133 cm³/mol. The Morgan fingerprint density at radius 2 is 1.58 bits per heavy atom. The third-order valence-electron chi connectivity index (χ3n) is 4.01. The van der Waals surface area contributed by atoms with Crippen molar-refractivity contribution in [1.29, 1.82) is 0 Å². The molecule has 0 heterocycles. The van der Waals surface area contributed by atoms with Crippen LogP contribution < -0.4 is 20.7 Å². The van der Waals surface area contributed by atoms with Crippen LogP contribution >= 0.6 is 28.1 Å². The fourth-order valence-corrected chi connectivity index (χ4v) is 3.28. The summed E-state index contributed by atoms with van der Waals surface area (Å²) in [5.41, 5.74) is 1.86. The molecule has 0 fully saturated rings. The van der Waals surface area contributed by atoms with E-state index >= 15 is 0 Å². The van der Waals surface area contributed by atoms with Gasteiger partial charge in [0.1, 0.15) is 5.75 Å². The van der Waals surface area contributed by atoms with Crippen molar-refractivity contribution < 1.29 is 14.3 Å². The van der Waals surface area contributed by atoms with Crippen molar-refractivity contribution in [2.45, 2.75) is 34.1 Å². The second kappa shape index (κ2) is 11.8. The number of halogens is 1. The van der Waals surface area contributed by atoms with Crippen LogP contribution in [-0.2, 0) is 4.79 Å². The topological polar surface area (TPSA) is 79.5 Å². The smallest absolute Gasteiger partial charge is 0.257 e. The summed E-state index contributed by atoms with van der Waals surface area (Å²) in [5.74, 6) is 1.04. The summed E-state index contributed by atoms with van der Waals surface area (Å²) < 4.78 is 6.41. The molecule has 0 bridgehead atoms. The van der Waals surface area contributed by atoms with E-state index in [1.807, 2.05) is 13.8 Å². The molecule has 0 spiro atoms. The van der Waals surface area contributed by atoms with Crippen molar-refractivity contribution in [3.05, 3.63) is 52.5 Å². The molecule has 2 amide bonds. The van der Waals surface area contributed by atoms with Crippen molar-refractivity contribution >= 4 is 56.4 Å². The molecule has 31 heavy (non-hydrogen) atoms. The van der Waals surface area contributed by atoms with E-state index < -0.39 is 0 Å². The standard InChI is InChI=1S/C23H28BrN3O3S/c1-14(2)11-21(28)25-17-6-8-18(9-7-17)26-23(31)27-22(29)16-5-10-20(19(24)12-16)30-13-15(3)4/h5-10,12,14-15H,11,13H2,1-4H3,(H,25,28)(H2,26,27,29,31). The first-order chi connectivity index (χ1) is 14.6. The summed E-state index contributed by atoms with van der Waals surface area (Å²) in [6, 6.07) is 12.2. The summed E-state index contributed by atoms with van der Waals surface area (Å²) in [4.78, 5) is 24.3. The fourth-order valence-electron chi connectivity index (χ4n) is 2.57. The molecule has 166 valence electrons. The van der Waals surface area contributed by atoms with Gasteiger partial charge in [-0.2, -0.15) is 0 Å². The summed E-state index contributed by atoms with van der Waals surface area (Å²) in [5, 5.41) is 8.65. The van der Waals surface area contributed by atoms with Gasteiger partial charge >= 0.3 is 0 Å². The highest BCUT2D eigenvalue weighted by atomic mass is 79.9. The van der Waals surface area contributed by atoms with Gasteiger partial charge in [0.25, 0.3) is 5.91 Å². The van der Waals surface area contributed by atoms with E-state index in [0.29, 0.717) is 52.0 Å². The molecule has 0 saturated carbocycles. The Hall–Kier alpha value is -2.45. The highest BCUT2D eigenvalue weighted by molar-refractivity contribution is 9.10. The molecule has 2 aromatic carbocycles. The van der Waals surface area contributed by atoms with Crippen LogP contribution in [0.1, 0.15) is 44.5 Å². The number of hydrogen-bond acceptors (Lipinski definition) is 4. The first-order valence-electron chi connectivity index (χ1n) is 10.1. The zero-order valence-corrected chi connectivity index (χ0v) is 20.5. The molecule has 0 unspecified atom stereocenters. The number of anilines is 2. The van der Waals surface area contributed by atoms with E-state index in [-0.39, 0.29) is 16.9 Å². The molecular formula is C23H28BrN3O3S. The van der Waals surface area contributed by atoms with Gasteiger partial charge < -0.3 is 15.4 Å². The molecule has 0 aliphatic carbocycles. The normalized spacial score (nSPS) is 10.7. The van der Waals surface area contributed by atoms with Gasteiger partial charge in [-0.05, 0) is 82.4 Å². The summed E-state index contributed by atoms with van der Waals surface area (Å²) in [6.45, 7) is 8.73. The largest absolute Gasteiger partial charge is 0.492 e. The molecule has 0 saturated heterocycles. The van der Waals surface area contributed by atoms with E-state index in [0.717, 1.165) is 0 Å². The van der Waals surface area contributed by atoms with Gasteiger partial charge in [0, 0.05) is 23.4 Å². The maximum atomic E-state index is 12.5. The minimum absolute atomic E-state index is 0.0229. The van der Waals surface area contributed by atoms with Crippen LogP contribution in [0.25, 0.3) is 0 Å². The Balaban J connectivity index is 1.90. The van der Waals surface area contributed by atoms with Crippen LogP contribution in [0, 0.1) is 11.8 Å². The van der Waals surface area contributed by atoms with Crippen LogP contribution in [0.2, 0.25) is 0 Å². The highest BCUT2D eigenvalue weighted by Gasteiger charge is 2.12. The van der Waals surface area contributed by atoms with Crippen molar-refractivity contribution in [1.82, 2.24) is 5.32 Å². The van der Waals surface area contributed by atoms with Gasteiger partial charge in [0.2, 0.25) is 5.91 Å². The van der Waals surface area contributed by atoms with Gasteiger partial charge in [-0.25, -0.2) is 0 Å². The quantitative estimate of drug-likeness (QED) is 0.407. The summed E-state index contributed by atoms with van der Waals surface area (Å²) >= 11 is 8.68. The Morgan fingerprint density at radius 3 is 2.13 bits per heavy atom. The van der Waals surface area contributed by atoms with Crippen molar-refractivity contribution in [2.24, 2.45) is 11.8 Å². The molecule has 0 radical (unpaired) electrons. The number of benzene rings is 2. The number of amides is 2. The SMILES string of the molecule is CC(C)COc1ccc(C(=O)NC(=S)Nc2ccc(NC(=O)CC(C)C)cc2)cc1Br. The third kappa shape index (κ3) is 8.67. The minimum Gasteiger partial charge on any atom is -0.492 e. The minimum atomic E-state index is -0.328. The first kappa shape index (κ1) is 24.8. The molecule has 8 heteroatoms. The van der Waals surface area contributed by atoms with Crippen molar-refractivity contribution in [3.63, 3.8) is 0 Å². The van der Waals surface area contributed by atoms with Crippen molar-refractivity contribution in [3.8, 4) is 5.75 Å². The average Bonchev–Trinajstić information content (AvgIpc) is 2.67. The molecule has 6 nitrogen and oxygen atoms in total. The molecule has 0 aromatic heterocycles. The lowest BCUT2D eigenvalue weighted by molar-refractivity contribution is -0.116. The number of hydrogen-bond donors (Lipinski definition) is 3. The summed E-state index contributed by atoms with van der Waals surface area (Å²) in [6.07, 6.45) is 0.469. The van der Waals surface area contributed by atoms with Crippen LogP contribution in [0.4, 0.5) is 11.4 Å². The molecule has 2 aromatic rings. The molecule has 3 N–H and O–H groups in total. The number of ether oxygens (including phenoxy) is 1. The van der Waals surface area contributed by atoms with Gasteiger partial charge in [-0.3, -0.25) is 14.9 Å². The molecule has 0 atom stereocenters. The van der Waals surface area contributed by atoms with E-state index in [2.05, 4.69) is 45.7 Å². The average molecular weight is 506 g/mol. The monoisotopic (exact) mass is 505 g/mol. The Bertz CT molecular complexity index is 930. The number of rotatable bonds is 8. The van der Waals surface area contributed by atoms with Gasteiger partial charge in [0.05, 0.1) is 11.1 Å². The van der Waals surface area contributed by atoms with E-state index in [9.17, 15) is 9.59 Å². The van der Waals surface area contributed by atoms with Crippen LogP contribution in [0.3, 0.4) is 0 Å². The lowest BCUT2D eigenvalue weighted by atomic mass is 10.1. The molecular weight excluding hydrogens is 478 g/mol. The van der Waals surface area contributed by atoms with Gasteiger partial charge in [0.15, 0.2) is 5.11 Å². The number of carbonyl (C=O) groups excluding carboxylic acids is 2. The number of carbonyl (C=O) groups is 2. The Labute approximate surface area is 197 Å². The highest BCUT2D eigenvalue weighted by Crippen LogP contribution is 2.26. The van der Waals surface area contributed by atoms with E-state index in [1.165, 1.54) is 0 Å². The van der Waals surface area contributed by atoms with Crippen molar-refractivity contribution in [2.75, 3.05) is 17.2 Å². The Kier molecular flexibility index (Phi) is 9.45. The first-order valence-corrected chi connectivity index (χ1v) is 11.3. The summed E-state index contributed by atoms with van der Waals surface area (Å²) in [7, 11) is 0. The predicted octanol–water partition coefficient (Wildman–Crippen LogP) is 5.60. The number of thiocarbonyl (C=S) groups is 1. The van der Waals surface area contributed by atoms with Gasteiger partial charge in [-0.15, -0.1) is 0 Å². The lowest BCUT2D eigenvalue weighted by Gasteiger charge is -2.13. The lowest BCUT2D eigenvalue weighted by Crippen LogP contribution is -2.34. The second-order valence-electron chi connectivity index (χ2n) is 7.98. The maximum Gasteiger partial charge on any atom is 0.257 e. The van der Waals surface area contributed by atoms with Crippen LogP contribution in [0.15, 0.2) is 46.9 Å². The number of nitrogens with one attached hydrogen (secondary N) is 3. The van der Waals surface area contributed by atoms with Gasteiger partial charge in [-0.1, -0.05) is 27.7 Å². The zero-order valence-electron chi connectivity index (χ0n) is 18.1. The van der Waals surface area contributed by atoms with E-state index in [1.54, 1.807) is 42.5 Å². The van der Waals surface area contributed by atoms with E-state index in [4.69, 9.17) is 17.0 Å². The maximum absolute atomic E-state index is 12.5. The van der Waals surface area contributed by atoms with Crippen LogP contribution in [0.5, 0.6) is 5.75 Å². The molecule has 0 aliphatic heterocycles. The fraction of sp³-hybridized carbons (Fsp3) is 0.348. The molecule has 0 aliphatic rings. The molecule has 2 rings (SSSR count). The zero-order chi connectivity index (χ0) is 23.0. The van der Waals surface area contributed by atoms with Crippen LogP contribution in [-0.4, -0.2) is 23.5 Å².